The van der Waals surface area contributed by atoms with E-state index in [0.29, 0.717) is 41.2 Å². The van der Waals surface area contributed by atoms with Gasteiger partial charge >= 0.3 is 0 Å². The van der Waals surface area contributed by atoms with E-state index in [1.807, 2.05) is 56.0 Å². The van der Waals surface area contributed by atoms with Crippen molar-refractivity contribution >= 4 is 28.6 Å². The number of rotatable bonds is 6. The first-order valence-electron chi connectivity index (χ1n) is 12.7. The van der Waals surface area contributed by atoms with Crippen molar-refractivity contribution in [2.45, 2.75) is 26.4 Å². The molecule has 0 saturated carbocycles. The molecule has 0 spiro atoms. The number of hydrogen-bond donors (Lipinski definition) is 1. The Morgan fingerprint density at radius 3 is 2.54 bits per heavy atom. The molecule has 3 aliphatic heterocycles. The van der Waals surface area contributed by atoms with Gasteiger partial charge in [0, 0.05) is 56.0 Å². The average molecular weight is 506 g/mol. The molecule has 0 radical (unpaired) electrons. The third-order valence-electron chi connectivity index (χ3n) is 7.12. The SMILES string of the molecule is CCOCCN1CCN(C(=O)c2ccc(C3=CC(=C4C(=O)Nc5cc(F)ccc54)OC3(C)C)cc2)CC1. The summed E-state index contributed by atoms with van der Waals surface area (Å²) in [6.45, 7) is 11.3. The molecule has 0 atom stereocenters. The molecule has 0 bridgehead atoms. The maximum atomic E-state index is 13.6. The van der Waals surface area contributed by atoms with Crippen LogP contribution in [0.3, 0.4) is 0 Å². The third kappa shape index (κ3) is 5.04. The molecule has 2 aromatic rings. The van der Waals surface area contributed by atoms with Gasteiger partial charge in [0.15, 0.2) is 0 Å². The molecular weight excluding hydrogens is 473 g/mol. The molecule has 0 unspecified atom stereocenters. The smallest absolute Gasteiger partial charge is 0.260 e. The number of benzene rings is 2. The topological polar surface area (TPSA) is 71.1 Å². The van der Waals surface area contributed by atoms with Crippen LogP contribution in [-0.2, 0) is 14.3 Å². The van der Waals surface area contributed by atoms with Crippen LogP contribution in [0.4, 0.5) is 10.1 Å². The molecule has 3 heterocycles. The van der Waals surface area contributed by atoms with Crippen LogP contribution in [0.5, 0.6) is 0 Å². The Bertz CT molecular complexity index is 1270. The fraction of sp³-hybridized carbons (Fsp3) is 0.379. The summed E-state index contributed by atoms with van der Waals surface area (Å²) in [5, 5.41) is 2.72. The van der Waals surface area contributed by atoms with Gasteiger partial charge in [-0.3, -0.25) is 14.5 Å². The minimum absolute atomic E-state index is 0.0289. The van der Waals surface area contributed by atoms with Crippen molar-refractivity contribution in [1.29, 1.82) is 0 Å². The van der Waals surface area contributed by atoms with Gasteiger partial charge in [-0.15, -0.1) is 0 Å². The molecule has 1 fully saturated rings. The zero-order valence-electron chi connectivity index (χ0n) is 21.5. The standard InChI is InChI=1S/C29H32FN3O4/c1-4-36-16-15-32-11-13-33(14-12-32)28(35)20-7-5-19(6-8-20)23-18-25(37-29(23,2)3)26-22-10-9-21(30)17-24(22)31-27(26)34/h5-10,17-18H,4,11-16H2,1-3H3,(H,31,34). The van der Waals surface area contributed by atoms with Crippen molar-refractivity contribution in [3.05, 3.63) is 76.8 Å². The number of ether oxygens (including phenoxy) is 2. The van der Waals surface area contributed by atoms with E-state index in [-0.39, 0.29) is 11.8 Å². The highest BCUT2D eigenvalue weighted by molar-refractivity contribution is 6.32. The summed E-state index contributed by atoms with van der Waals surface area (Å²) in [6, 6.07) is 11.8. The number of piperazine rings is 1. The van der Waals surface area contributed by atoms with Crippen LogP contribution in [-0.4, -0.2) is 73.2 Å². The fourth-order valence-corrected chi connectivity index (χ4v) is 5.10. The Hall–Kier alpha value is -3.49. The van der Waals surface area contributed by atoms with E-state index in [1.54, 1.807) is 6.07 Å². The second-order valence-corrected chi connectivity index (χ2v) is 9.96. The zero-order valence-corrected chi connectivity index (χ0v) is 21.5. The lowest BCUT2D eigenvalue weighted by Crippen LogP contribution is -2.49. The lowest BCUT2D eigenvalue weighted by atomic mass is 9.91. The van der Waals surface area contributed by atoms with Gasteiger partial charge in [-0.25, -0.2) is 4.39 Å². The number of allylic oxidation sites excluding steroid dienone is 1. The molecule has 3 aliphatic rings. The van der Waals surface area contributed by atoms with Crippen LogP contribution in [0, 0.1) is 5.82 Å². The highest BCUT2D eigenvalue weighted by Gasteiger charge is 2.38. The highest BCUT2D eigenvalue weighted by Crippen LogP contribution is 2.44. The van der Waals surface area contributed by atoms with Gasteiger partial charge in [-0.05, 0) is 62.7 Å². The van der Waals surface area contributed by atoms with Gasteiger partial charge in [-0.1, -0.05) is 12.1 Å². The second kappa shape index (κ2) is 10.1. The van der Waals surface area contributed by atoms with Crippen LogP contribution >= 0.6 is 0 Å². The zero-order chi connectivity index (χ0) is 26.2. The van der Waals surface area contributed by atoms with Gasteiger partial charge in [0.25, 0.3) is 11.8 Å². The number of halogens is 1. The van der Waals surface area contributed by atoms with E-state index >= 15 is 0 Å². The van der Waals surface area contributed by atoms with E-state index in [4.69, 9.17) is 9.47 Å². The van der Waals surface area contributed by atoms with Gasteiger partial charge in [0.05, 0.1) is 17.9 Å². The molecule has 7 nitrogen and oxygen atoms in total. The normalized spacial score (nSPS) is 20.9. The number of nitrogens with zero attached hydrogens (tertiary/aromatic N) is 2. The molecule has 0 aromatic heterocycles. The molecule has 1 saturated heterocycles. The maximum absolute atomic E-state index is 13.6. The molecule has 2 aromatic carbocycles. The first kappa shape index (κ1) is 25.2. The number of fused-ring (bicyclic) bond motifs is 1. The monoisotopic (exact) mass is 505 g/mol. The van der Waals surface area contributed by atoms with Crippen molar-refractivity contribution in [3.63, 3.8) is 0 Å². The predicted molar refractivity (Wildman–Crippen MR) is 140 cm³/mol. The molecule has 37 heavy (non-hydrogen) atoms. The number of nitrogens with one attached hydrogen (secondary N) is 1. The summed E-state index contributed by atoms with van der Waals surface area (Å²) in [5.41, 5.74) is 3.23. The van der Waals surface area contributed by atoms with Crippen LogP contribution in [0.2, 0.25) is 0 Å². The Morgan fingerprint density at radius 1 is 1.11 bits per heavy atom. The van der Waals surface area contributed by atoms with Crippen LogP contribution < -0.4 is 5.32 Å². The highest BCUT2D eigenvalue weighted by atomic mass is 19.1. The number of carbonyl (C=O) groups is 2. The Morgan fingerprint density at radius 2 is 1.84 bits per heavy atom. The van der Waals surface area contributed by atoms with E-state index in [9.17, 15) is 14.0 Å². The van der Waals surface area contributed by atoms with Crippen LogP contribution in [0.1, 0.15) is 42.3 Å². The number of carbonyl (C=O) groups excluding carboxylic acids is 2. The lowest BCUT2D eigenvalue weighted by molar-refractivity contribution is -0.111. The quantitative estimate of drug-likeness (QED) is 0.471. The summed E-state index contributed by atoms with van der Waals surface area (Å²) in [7, 11) is 0. The lowest BCUT2D eigenvalue weighted by Gasteiger charge is -2.34. The first-order valence-corrected chi connectivity index (χ1v) is 12.7. The van der Waals surface area contributed by atoms with E-state index in [2.05, 4.69) is 10.2 Å². The number of hydrogen-bond acceptors (Lipinski definition) is 5. The third-order valence-corrected chi connectivity index (χ3v) is 7.12. The second-order valence-electron chi connectivity index (χ2n) is 9.96. The molecule has 5 rings (SSSR count). The molecule has 1 N–H and O–H groups in total. The average Bonchev–Trinajstić information content (AvgIpc) is 3.38. The minimum Gasteiger partial charge on any atom is -0.482 e. The van der Waals surface area contributed by atoms with E-state index in [0.717, 1.165) is 44.0 Å². The summed E-state index contributed by atoms with van der Waals surface area (Å²) in [6.07, 6.45) is 1.87. The van der Waals surface area contributed by atoms with Crippen molar-refractivity contribution in [2.24, 2.45) is 0 Å². The van der Waals surface area contributed by atoms with Gasteiger partial charge in [0.2, 0.25) is 0 Å². The van der Waals surface area contributed by atoms with Gasteiger partial charge in [-0.2, -0.15) is 0 Å². The Kier molecular flexibility index (Phi) is 6.88. The fourth-order valence-electron chi connectivity index (χ4n) is 5.10. The van der Waals surface area contributed by atoms with E-state index in [1.165, 1.54) is 12.1 Å². The summed E-state index contributed by atoms with van der Waals surface area (Å²) in [5.74, 6) is -0.249. The first-order chi connectivity index (χ1) is 17.8. The Balaban J connectivity index is 1.32. The van der Waals surface area contributed by atoms with Crippen molar-refractivity contribution in [3.8, 4) is 0 Å². The molecule has 0 aliphatic carbocycles. The van der Waals surface area contributed by atoms with Crippen molar-refractivity contribution in [1.82, 2.24) is 9.80 Å². The predicted octanol–water partition coefficient (Wildman–Crippen LogP) is 4.18. The molecule has 194 valence electrons. The Labute approximate surface area is 216 Å². The minimum atomic E-state index is -0.686. The molecular formula is C29H32FN3O4. The number of amides is 2. The molecule has 8 heteroatoms. The summed E-state index contributed by atoms with van der Waals surface area (Å²) >= 11 is 0. The summed E-state index contributed by atoms with van der Waals surface area (Å²) in [4.78, 5) is 30.0. The van der Waals surface area contributed by atoms with Gasteiger partial charge in [0.1, 0.15) is 17.2 Å². The van der Waals surface area contributed by atoms with Crippen molar-refractivity contribution in [2.75, 3.05) is 51.3 Å². The number of anilines is 1. The van der Waals surface area contributed by atoms with Crippen LogP contribution in [0.25, 0.3) is 11.1 Å². The van der Waals surface area contributed by atoms with E-state index < -0.39 is 11.4 Å². The van der Waals surface area contributed by atoms with Crippen LogP contribution in [0.15, 0.2) is 54.3 Å². The van der Waals surface area contributed by atoms with Gasteiger partial charge < -0.3 is 19.7 Å². The van der Waals surface area contributed by atoms with Crippen molar-refractivity contribution < 1.29 is 23.5 Å². The maximum Gasteiger partial charge on any atom is 0.260 e. The largest absolute Gasteiger partial charge is 0.482 e. The summed E-state index contributed by atoms with van der Waals surface area (Å²) < 4.78 is 25.3. The molecule has 2 amide bonds.